The molecule has 1 aliphatic carbocycles. The van der Waals surface area contributed by atoms with Crippen LogP contribution in [0.1, 0.15) is 36.5 Å². The van der Waals surface area contributed by atoms with Gasteiger partial charge in [0.05, 0.1) is 11.4 Å². The molecule has 5 rings (SSSR count). The van der Waals surface area contributed by atoms with Crippen molar-refractivity contribution in [2.45, 2.75) is 36.0 Å². The number of fused-ring (bicyclic) bond motifs is 3. The number of rotatable bonds is 4. The molecule has 3 aromatic rings. The van der Waals surface area contributed by atoms with E-state index in [1.807, 2.05) is 11.8 Å². The quantitative estimate of drug-likeness (QED) is 0.479. The molecule has 0 atom stereocenters. The highest BCUT2D eigenvalue weighted by Crippen LogP contribution is 2.49. The highest BCUT2D eigenvalue weighted by atomic mass is 32.2. The van der Waals surface area contributed by atoms with Gasteiger partial charge in [0.1, 0.15) is 0 Å². The molecule has 1 nitrogen and oxygen atoms in total. The normalized spacial score (nSPS) is 14.4. The zero-order valence-corrected chi connectivity index (χ0v) is 16.4. The molecule has 0 N–H and O–H groups in total. The lowest BCUT2D eigenvalue weighted by molar-refractivity contribution is 0.777. The molecule has 134 valence electrons. The fraction of sp³-hybridized carbons (Fsp3) is 0.200. The van der Waals surface area contributed by atoms with Crippen LogP contribution in [0.25, 0.3) is 11.6 Å². The van der Waals surface area contributed by atoms with Crippen molar-refractivity contribution in [3.05, 3.63) is 83.4 Å². The van der Waals surface area contributed by atoms with Gasteiger partial charge in [-0.3, -0.25) is 0 Å². The van der Waals surface area contributed by atoms with Crippen molar-refractivity contribution in [1.29, 1.82) is 0 Å². The fourth-order valence-corrected chi connectivity index (χ4v) is 5.19. The summed E-state index contributed by atoms with van der Waals surface area (Å²) in [5.41, 5.74) is 8.29. The van der Waals surface area contributed by atoms with E-state index in [2.05, 4.69) is 84.6 Å². The van der Waals surface area contributed by atoms with Crippen molar-refractivity contribution in [3.8, 4) is 0 Å². The Morgan fingerprint density at radius 2 is 1.70 bits per heavy atom. The van der Waals surface area contributed by atoms with Crippen LogP contribution < -0.4 is 4.90 Å². The lowest BCUT2D eigenvalue weighted by atomic mass is 10.0. The molecule has 0 fully saturated rings. The number of anilines is 2. The van der Waals surface area contributed by atoms with Gasteiger partial charge in [-0.05, 0) is 59.4 Å². The van der Waals surface area contributed by atoms with E-state index in [1.165, 1.54) is 56.3 Å². The van der Waals surface area contributed by atoms with Gasteiger partial charge < -0.3 is 4.90 Å². The maximum atomic E-state index is 2.51. The molecule has 0 spiro atoms. The van der Waals surface area contributed by atoms with E-state index >= 15 is 0 Å². The molecule has 0 bridgehead atoms. The van der Waals surface area contributed by atoms with E-state index in [9.17, 15) is 0 Å². The number of hydrogen-bond acceptors (Lipinski definition) is 2. The second-order valence-corrected chi connectivity index (χ2v) is 8.39. The summed E-state index contributed by atoms with van der Waals surface area (Å²) >= 11 is 1.91. The number of hydrogen-bond donors (Lipinski definition) is 0. The minimum atomic E-state index is 1.04. The molecule has 2 aliphatic rings. The lowest BCUT2D eigenvalue weighted by Crippen LogP contribution is -2.21. The summed E-state index contributed by atoms with van der Waals surface area (Å²) in [4.78, 5) is 5.24. The number of benzene rings is 3. The molecule has 27 heavy (non-hydrogen) atoms. The Hall–Kier alpha value is -2.45. The SMILES string of the molecule is CCCCN1c2ccccc2Sc2cc(C3=Cc4ccccc4C3)ccc21. The van der Waals surface area contributed by atoms with Crippen molar-refractivity contribution in [2.75, 3.05) is 11.4 Å². The Kier molecular flexibility index (Phi) is 4.29. The van der Waals surface area contributed by atoms with E-state index in [-0.39, 0.29) is 0 Å². The first-order valence-corrected chi connectivity index (χ1v) is 10.6. The monoisotopic (exact) mass is 369 g/mol. The molecule has 0 aromatic heterocycles. The Balaban J connectivity index is 1.53. The van der Waals surface area contributed by atoms with Crippen LogP contribution in [0.3, 0.4) is 0 Å². The predicted octanol–water partition coefficient (Wildman–Crippen LogP) is 7.19. The summed E-state index contributed by atoms with van der Waals surface area (Å²) in [7, 11) is 0. The van der Waals surface area contributed by atoms with Gasteiger partial charge in [0, 0.05) is 16.3 Å². The topological polar surface area (TPSA) is 3.24 Å². The Bertz CT molecular complexity index is 1030. The minimum absolute atomic E-state index is 1.04. The maximum absolute atomic E-state index is 2.51. The summed E-state index contributed by atoms with van der Waals surface area (Å²) in [5.74, 6) is 0. The highest BCUT2D eigenvalue weighted by molar-refractivity contribution is 7.99. The first-order chi connectivity index (χ1) is 13.3. The standard InChI is InChI=1S/C25H23NS/c1-2-3-14-26-22-10-6-7-11-24(22)27-25-17-20(12-13-23(25)26)21-15-18-8-4-5-9-19(18)16-21/h4-13,15,17H,2-3,14,16H2,1H3. The van der Waals surface area contributed by atoms with Crippen molar-refractivity contribution >= 4 is 34.8 Å². The van der Waals surface area contributed by atoms with Gasteiger partial charge in [-0.25, -0.2) is 0 Å². The van der Waals surface area contributed by atoms with Gasteiger partial charge in [0.25, 0.3) is 0 Å². The van der Waals surface area contributed by atoms with Crippen molar-refractivity contribution < 1.29 is 0 Å². The predicted molar refractivity (Wildman–Crippen MR) is 117 cm³/mol. The third kappa shape index (κ3) is 2.98. The fourth-order valence-electron chi connectivity index (χ4n) is 4.06. The number of allylic oxidation sites excluding steroid dienone is 1. The van der Waals surface area contributed by atoms with Crippen LogP contribution in [-0.4, -0.2) is 6.54 Å². The second-order valence-electron chi connectivity index (χ2n) is 7.30. The van der Waals surface area contributed by atoms with Crippen molar-refractivity contribution in [1.82, 2.24) is 0 Å². The molecular weight excluding hydrogens is 346 g/mol. The summed E-state index contributed by atoms with van der Waals surface area (Å²) in [6.45, 7) is 3.34. The molecule has 0 saturated carbocycles. The number of nitrogens with zero attached hydrogens (tertiary/aromatic N) is 1. The van der Waals surface area contributed by atoms with Crippen molar-refractivity contribution in [3.63, 3.8) is 0 Å². The van der Waals surface area contributed by atoms with E-state index in [4.69, 9.17) is 0 Å². The first-order valence-electron chi connectivity index (χ1n) is 9.81. The van der Waals surface area contributed by atoms with E-state index in [0.717, 1.165) is 13.0 Å². The molecule has 0 unspecified atom stereocenters. The summed E-state index contributed by atoms with van der Waals surface area (Å²) in [6, 6.07) is 24.6. The van der Waals surface area contributed by atoms with Crippen LogP contribution in [0.15, 0.2) is 76.5 Å². The van der Waals surface area contributed by atoms with E-state index in [0.29, 0.717) is 0 Å². The molecule has 0 radical (unpaired) electrons. The van der Waals surface area contributed by atoms with Crippen LogP contribution in [0.4, 0.5) is 11.4 Å². The average Bonchev–Trinajstić information content (AvgIpc) is 3.15. The van der Waals surface area contributed by atoms with Crippen molar-refractivity contribution in [2.24, 2.45) is 0 Å². The molecule has 2 heteroatoms. The molecule has 3 aromatic carbocycles. The first kappa shape index (κ1) is 16.7. The Morgan fingerprint density at radius 1 is 0.889 bits per heavy atom. The average molecular weight is 370 g/mol. The molecule has 1 aliphatic heterocycles. The zero-order valence-electron chi connectivity index (χ0n) is 15.6. The third-order valence-electron chi connectivity index (χ3n) is 5.50. The van der Waals surface area contributed by atoms with Crippen LogP contribution in [0.2, 0.25) is 0 Å². The van der Waals surface area contributed by atoms with Gasteiger partial charge in [-0.15, -0.1) is 0 Å². The minimum Gasteiger partial charge on any atom is -0.340 e. The summed E-state index contributed by atoms with van der Waals surface area (Å²) in [6.07, 6.45) is 5.81. The molecule has 1 heterocycles. The second kappa shape index (κ2) is 6.94. The van der Waals surface area contributed by atoms with Gasteiger partial charge in [0.2, 0.25) is 0 Å². The van der Waals surface area contributed by atoms with Crippen LogP contribution >= 0.6 is 11.8 Å². The van der Waals surface area contributed by atoms with Gasteiger partial charge >= 0.3 is 0 Å². The van der Waals surface area contributed by atoms with Crippen LogP contribution in [0.5, 0.6) is 0 Å². The van der Waals surface area contributed by atoms with E-state index in [1.54, 1.807) is 0 Å². The lowest BCUT2D eigenvalue weighted by Gasteiger charge is -2.33. The van der Waals surface area contributed by atoms with Crippen LogP contribution in [-0.2, 0) is 6.42 Å². The van der Waals surface area contributed by atoms with Gasteiger partial charge in [-0.2, -0.15) is 0 Å². The van der Waals surface area contributed by atoms with Crippen LogP contribution in [0, 0.1) is 0 Å². The highest BCUT2D eigenvalue weighted by Gasteiger charge is 2.24. The summed E-state index contributed by atoms with van der Waals surface area (Å²) in [5, 5.41) is 0. The van der Waals surface area contributed by atoms with E-state index < -0.39 is 0 Å². The Morgan fingerprint density at radius 3 is 2.59 bits per heavy atom. The van der Waals surface area contributed by atoms with Gasteiger partial charge in [-0.1, -0.05) is 73.6 Å². The molecule has 0 saturated heterocycles. The summed E-state index contributed by atoms with van der Waals surface area (Å²) < 4.78 is 0. The van der Waals surface area contributed by atoms with Gasteiger partial charge in [0.15, 0.2) is 0 Å². The maximum Gasteiger partial charge on any atom is 0.0553 e. The number of unbranched alkanes of at least 4 members (excludes halogenated alkanes) is 1. The Labute approximate surface area is 165 Å². The zero-order chi connectivity index (χ0) is 18.2. The smallest absolute Gasteiger partial charge is 0.0553 e. The number of para-hydroxylation sites is 1. The molecule has 0 amide bonds. The largest absolute Gasteiger partial charge is 0.340 e. The molecular formula is C25H23NS. The third-order valence-corrected chi connectivity index (χ3v) is 6.61.